The maximum absolute atomic E-state index is 15.0. The molecule has 4 rings (SSSR count). The first-order valence-electron chi connectivity index (χ1n) is 11.4. The first-order chi connectivity index (χ1) is 17.4. The van der Waals surface area contributed by atoms with Gasteiger partial charge in [-0.1, -0.05) is 13.0 Å². The number of carbonyl (C=O) groups is 2. The zero-order valence-corrected chi connectivity index (χ0v) is 21.1. The highest BCUT2D eigenvalue weighted by Crippen LogP contribution is 2.55. The van der Waals surface area contributed by atoms with Gasteiger partial charge in [0.2, 0.25) is 5.92 Å². The second-order valence-electron chi connectivity index (χ2n) is 10.1. The van der Waals surface area contributed by atoms with Crippen LogP contribution in [0.2, 0.25) is 0 Å². The van der Waals surface area contributed by atoms with Crippen LogP contribution >= 0.6 is 0 Å². The summed E-state index contributed by atoms with van der Waals surface area (Å²) >= 11 is 0. The summed E-state index contributed by atoms with van der Waals surface area (Å²) in [6.07, 6.45) is -5.83. The number of rotatable bonds is 7. The Hall–Kier alpha value is -2.94. The zero-order valence-electron chi connectivity index (χ0n) is 20.2. The minimum atomic E-state index is -5.19. The van der Waals surface area contributed by atoms with Crippen molar-refractivity contribution in [2.75, 3.05) is 18.2 Å². The fraction of sp³-hybridized carbons (Fsp3) is 0.522. The molecule has 2 aliphatic rings. The topological polar surface area (TPSA) is 114 Å². The van der Waals surface area contributed by atoms with E-state index in [0.717, 1.165) is 12.3 Å². The smallest absolute Gasteiger partial charge is 0.386 e. The Kier molecular flexibility index (Phi) is 6.70. The Morgan fingerprint density at radius 2 is 1.84 bits per heavy atom. The van der Waals surface area contributed by atoms with Crippen LogP contribution in [0.5, 0.6) is 0 Å². The molecule has 15 heteroatoms. The van der Waals surface area contributed by atoms with Gasteiger partial charge < -0.3 is 10.4 Å². The van der Waals surface area contributed by atoms with E-state index in [1.54, 1.807) is 0 Å². The standard InChI is InChI=1S/C23H24F6N4O4S/c1-20(10-22(25,26)11-20)12-33-17(16(23(27,28)29)18(31-33)21(24)6-7-21)19(36)30-13-4-3-5-14(8-13)38(2,37)32-15(35)9-34/h3-5,8,34H,6-7,9-12H2,1-2H3,(H,30,36)/t38-/m0/s1. The summed E-state index contributed by atoms with van der Waals surface area (Å²) in [5.74, 6) is -5.40. The molecule has 0 aliphatic heterocycles. The molecule has 1 aromatic carbocycles. The molecule has 1 heterocycles. The molecule has 2 N–H and O–H groups in total. The summed E-state index contributed by atoms with van der Waals surface area (Å²) < 4.78 is 102. The van der Waals surface area contributed by atoms with Crippen molar-refractivity contribution in [3.05, 3.63) is 41.2 Å². The molecular weight excluding hydrogens is 542 g/mol. The first-order valence-corrected chi connectivity index (χ1v) is 13.3. The Labute approximate surface area is 213 Å². The lowest BCUT2D eigenvalue weighted by atomic mass is 9.67. The van der Waals surface area contributed by atoms with Gasteiger partial charge in [0.05, 0.1) is 9.73 Å². The fourth-order valence-corrected chi connectivity index (χ4v) is 5.91. The van der Waals surface area contributed by atoms with Gasteiger partial charge in [-0.2, -0.15) is 22.6 Å². The van der Waals surface area contributed by atoms with Gasteiger partial charge in [-0.15, -0.1) is 0 Å². The molecule has 208 valence electrons. The number of nitrogens with zero attached hydrogens (tertiary/aromatic N) is 3. The number of aliphatic hydroxyl groups excluding tert-OH is 1. The fourth-order valence-electron chi connectivity index (χ4n) is 4.68. The van der Waals surface area contributed by atoms with Crippen molar-refractivity contribution in [2.45, 2.75) is 61.8 Å². The van der Waals surface area contributed by atoms with Crippen LogP contribution in [-0.4, -0.2) is 49.7 Å². The quantitative estimate of drug-likeness (QED) is 0.479. The normalized spacial score (nSPS) is 20.7. The van der Waals surface area contributed by atoms with E-state index in [9.17, 15) is 40.1 Å². The van der Waals surface area contributed by atoms with Crippen LogP contribution in [0.4, 0.5) is 32.0 Å². The monoisotopic (exact) mass is 566 g/mol. The SMILES string of the molecule is CC1(Cn2nc(C3(F)CC3)c(C(F)(F)F)c2C(=O)Nc2cccc([S@](C)(=O)=NC(=O)CO)c2)CC(F)(F)C1. The largest absolute Gasteiger partial charge is 0.420 e. The minimum Gasteiger partial charge on any atom is -0.386 e. The number of benzene rings is 1. The predicted molar refractivity (Wildman–Crippen MR) is 123 cm³/mol. The molecule has 8 nitrogen and oxygen atoms in total. The lowest BCUT2D eigenvalue weighted by molar-refractivity contribution is -0.160. The highest BCUT2D eigenvalue weighted by molar-refractivity contribution is 7.93. The van der Waals surface area contributed by atoms with Crippen LogP contribution in [0.1, 0.15) is 54.4 Å². The zero-order chi connectivity index (χ0) is 28.3. The molecule has 2 aromatic rings. The van der Waals surface area contributed by atoms with E-state index in [-0.39, 0.29) is 23.4 Å². The molecule has 0 radical (unpaired) electrons. The van der Waals surface area contributed by atoms with Crippen LogP contribution in [-0.2, 0) is 32.9 Å². The van der Waals surface area contributed by atoms with Gasteiger partial charge in [-0.25, -0.2) is 17.4 Å². The summed E-state index contributed by atoms with van der Waals surface area (Å²) in [5, 5.41) is 14.9. The van der Waals surface area contributed by atoms with Crippen LogP contribution in [0.3, 0.4) is 0 Å². The van der Waals surface area contributed by atoms with Gasteiger partial charge in [0.1, 0.15) is 23.6 Å². The second-order valence-corrected chi connectivity index (χ2v) is 12.4. The van der Waals surface area contributed by atoms with Gasteiger partial charge in [0.25, 0.3) is 11.8 Å². The van der Waals surface area contributed by atoms with Crippen LogP contribution in [0.25, 0.3) is 0 Å². The first kappa shape index (κ1) is 28.1. The number of hydrogen-bond acceptors (Lipinski definition) is 5. The number of amides is 2. The van der Waals surface area contributed by atoms with E-state index < -0.39 is 87.7 Å². The average Bonchev–Trinajstić information content (AvgIpc) is 3.38. The van der Waals surface area contributed by atoms with Gasteiger partial charge in [-0.05, 0) is 36.5 Å². The third-order valence-corrected chi connectivity index (χ3v) is 8.09. The Balaban J connectivity index is 1.75. The highest BCUT2D eigenvalue weighted by Gasteiger charge is 2.57. The number of halogens is 6. The number of aromatic nitrogens is 2. The second kappa shape index (κ2) is 9.07. The van der Waals surface area contributed by atoms with Crippen molar-refractivity contribution in [3.63, 3.8) is 0 Å². The van der Waals surface area contributed by atoms with Gasteiger partial charge in [0, 0.05) is 36.2 Å². The van der Waals surface area contributed by atoms with E-state index in [1.165, 1.54) is 25.1 Å². The summed E-state index contributed by atoms with van der Waals surface area (Å²) in [6, 6.07) is 4.99. The van der Waals surface area contributed by atoms with Crippen LogP contribution in [0.15, 0.2) is 33.5 Å². The molecule has 0 saturated heterocycles. The number of aliphatic hydroxyl groups is 1. The Morgan fingerprint density at radius 3 is 2.37 bits per heavy atom. The average molecular weight is 567 g/mol. The van der Waals surface area contributed by atoms with Crippen molar-refractivity contribution in [3.8, 4) is 0 Å². The van der Waals surface area contributed by atoms with E-state index in [1.807, 2.05) is 0 Å². The molecular formula is C23H24F6N4O4S. The molecule has 2 saturated carbocycles. The van der Waals surface area contributed by atoms with Gasteiger partial charge >= 0.3 is 6.18 Å². The molecule has 2 amide bonds. The molecule has 0 unspecified atom stereocenters. The van der Waals surface area contributed by atoms with Crippen LogP contribution < -0.4 is 5.32 Å². The minimum absolute atomic E-state index is 0.0627. The molecule has 0 spiro atoms. The maximum atomic E-state index is 15.0. The van der Waals surface area contributed by atoms with E-state index in [2.05, 4.69) is 14.8 Å². The van der Waals surface area contributed by atoms with E-state index in [4.69, 9.17) is 5.11 Å². The predicted octanol–water partition coefficient (Wildman–Crippen LogP) is 4.52. The third-order valence-electron chi connectivity index (χ3n) is 6.41. The number of nitrogens with one attached hydrogen (secondary N) is 1. The molecule has 38 heavy (non-hydrogen) atoms. The summed E-state index contributed by atoms with van der Waals surface area (Å²) in [7, 11) is -3.38. The van der Waals surface area contributed by atoms with Gasteiger partial charge in [-0.3, -0.25) is 14.3 Å². The van der Waals surface area contributed by atoms with Crippen molar-refractivity contribution in [2.24, 2.45) is 9.78 Å². The van der Waals surface area contributed by atoms with Crippen molar-refractivity contribution < 1.29 is 45.2 Å². The highest BCUT2D eigenvalue weighted by atomic mass is 32.2. The van der Waals surface area contributed by atoms with Crippen molar-refractivity contribution in [1.82, 2.24) is 9.78 Å². The lowest BCUT2D eigenvalue weighted by Gasteiger charge is -2.44. The third kappa shape index (κ3) is 5.58. The molecule has 2 fully saturated rings. The number of carbonyl (C=O) groups excluding carboxylic acids is 2. The summed E-state index contributed by atoms with van der Waals surface area (Å²) in [4.78, 5) is 24.6. The summed E-state index contributed by atoms with van der Waals surface area (Å²) in [6.45, 7) is -0.0499. The molecule has 2 aliphatic carbocycles. The van der Waals surface area contributed by atoms with E-state index in [0.29, 0.717) is 4.68 Å². The summed E-state index contributed by atoms with van der Waals surface area (Å²) in [5.41, 5.74) is -7.26. The Morgan fingerprint density at radius 1 is 1.21 bits per heavy atom. The van der Waals surface area contributed by atoms with Crippen molar-refractivity contribution in [1.29, 1.82) is 0 Å². The van der Waals surface area contributed by atoms with E-state index >= 15 is 0 Å². The van der Waals surface area contributed by atoms with Crippen LogP contribution in [0, 0.1) is 5.41 Å². The maximum Gasteiger partial charge on any atom is 0.420 e. The van der Waals surface area contributed by atoms with Gasteiger partial charge in [0.15, 0.2) is 5.67 Å². The number of alkyl halides is 6. The molecule has 0 bridgehead atoms. The van der Waals surface area contributed by atoms with Crippen molar-refractivity contribution >= 4 is 27.2 Å². The molecule has 1 aromatic heterocycles. The number of hydrogen-bond donors (Lipinski definition) is 2. The Bertz CT molecular complexity index is 1420. The lowest BCUT2D eigenvalue weighted by Crippen LogP contribution is -2.47. The molecule has 1 atom stereocenters. The number of anilines is 1.